The quantitative estimate of drug-likeness (QED) is 0.884. The Morgan fingerprint density at radius 1 is 1.30 bits per heavy atom. The first-order valence-electron chi connectivity index (χ1n) is 9.37. The number of rotatable bonds is 5. The summed E-state index contributed by atoms with van der Waals surface area (Å²) in [6.45, 7) is 3.27. The van der Waals surface area contributed by atoms with Crippen molar-refractivity contribution in [2.75, 3.05) is 18.1 Å². The van der Waals surface area contributed by atoms with Crippen LogP contribution in [0.15, 0.2) is 42.6 Å². The Morgan fingerprint density at radius 2 is 2.11 bits per heavy atom. The maximum atomic E-state index is 13.0. The molecule has 1 aromatic heterocycles. The van der Waals surface area contributed by atoms with Gasteiger partial charge in [-0.3, -0.25) is 19.5 Å². The normalized spacial score (nSPS) is 21.4. The Hall–Kier alpha value is -2.73. The molecule has 2 aliphatic rings. The van der Waals surface area contributed by atoms with Gasteiger partial charge in [0, 0.05) is 25.0 Å². The van der Waals surface area contributed by atoms with Crippen molar-refractivity contribution in [1.29, 1.82) is 0 Å². The van der Waals surface area contributed by atoms with Gasteiger partial charge in [-0.1, -0.05) is 17.7 Å². The number of hydrogen-bond acceptors (Lipinski definition) is 4. The molecule has 2 amide bonds. The van der Waals surface area contributed by atoms with Crippen LogP contribution in [0, 0.1) is 6.92 Å². The van der Waals surface area contributed by atoms with Crippen molar-refractivity contribution >= 4 is 17.5 Å². The highest BCUT2D eigenvalue weighted by atomic mass is 16.5. The lowest BCUT2D eigenvalue weighted by atomic mass is 10.1. The molecule has 0 aliphatic carbocycles. The van der Waals surface area contributed by atoms with E-state index in [1.807, 2.05) is 31.2 Å². The minimum Gasteiger partial charge on any atom is -0.376 e. The molecule has 0 unspecified atom stereocenters. The molecule has 140 valence electrons. The van der Waals surface area contributed by atoms with Crippen molar-refractivity contribution in [1.82, 2.24) is 10.3 Å². The van der Waals surface area contributed by atoms with E-state index in [-0.39, 0.29) is 24.3 Å². The molecular formula is C21H23N3O3. The molecule has 6 nitrogen and oxygen atoms in total. The van der Waals surface area contributed by atoms with Gasteiger partial charge in [0.25, 0.3) is 5.91 Å². The zero-order valence-corrected chi connectivity index (χ0v) is 15.4. The summed E-state index contributed by atoms with van der Waals surface area (Å²) in [5.41, 5.74) is 3.12. The number of aromatic nitrogens is 1. The molecule has 1 N–H and O–H groups in total. The molecule has 1 aromatic carbocycles. The zero-order chi connectivity index (χ0) is 18.8. The molecule has 2 atom stereocenters. The lowest BCUT2D eigenvalue weighted by Crippen LogP contribution is -2.36. The number of aryl methyl sites for hydroxylation is 1. The summed E-state index contributed by atoms with van der Waals surface area (Å²) in [7, 11) is 0. The Balaban J connectivity index is 1.55. The molecule has 4 rings (SSSR count). The molecular weight excluding hydrogens is 342 g/mol. The molecule has 0 radical (unpaired) electrons. The van der Waals surface area contributed by atoms with E-state index in [1.54, 1.807) is 23.2 Å². The number of fused-ring (bicyclic) bond motifs is 1. The van der Waals surface area contributed by atoms with Gasteiger partial charge in [-0.2, -0.15) is 0 Å². The molecule has 0 spiro atoms. The fourth-order valence-electron chi connectivity index (χ4n) is 3.73. The number of carbonyl (C=O) groups is 2. The number of carbonyl (C=O) groups excluding carboxylic acids is 2. The molecule has 3 heterocycles. The van der Waals surface area contributed by atoms with E-state index >= 15 is 0 Å². The van der Waals surface area contributed by atoms with Gasteiger partial charge >= 0.3 is 0 Å². The molecule has 2 aliphatic heterocycles. The number of anilines is 1. The Kier molecular flexibility index (Phi) is 4.90. The van der Waals surface area contributed by atoms with Gasteiger partial charge in [0.1, 0.15) is 0 Å². The summed E-state index contributed by atoms with van der Waals surface area (Å²) in [6, 6.07) is 10.9. The summed E-state index contributed by atoms with van der Waals surface area (Å²) in [5, 5.41) is 2.95. The first kappa shape index (κ1) is 17.7. The van der Waals surface area contributed by atoms with Crippen LogP contribution in [0.2, 0.25) is 0 Å². The van der Waals surface area contributed by atoms with Crippen molar-refractivity contribution in [3.8, 4) is 0 Å². The Morgan fingerprint density at radius 3 is 2.85 bits per heavy atom. The summed E-state index contributed by atoms with van der Waals surface area (Å²) in [5.74, 6) is -0.210. The minimum atomic E-state index is -0.402. The number of pyridine rings is 1. The summed E-state index contributed by atoms with van der Waals surface area (Å²) in [6.07, 6.45) is 3.95. The van der Waals surface area contributed by atoms with Crippen LogP contribution in [0.4, 0.5) is 5.69 Å². The first-order valence-corrected chi connectivity index (χ1v) is 9.37. The predicted molar refractivity (Wildman–Crippen MR) is 102 cm³/mol. The van der Waals surface area contributed by atoms with E-state index in [0.29, 0.717) is 17.8 Å². The van der Waals surface area contributed by atoms with Crippen LogP contribution in [-0.2, 0) is 9.53 Å². The maximum absolute atomic E-state index is 13.0. The van der Waals surface area contributed by atoms with E-state index in [9.17, 15) is 9.59 Å². The minimum absolute atomic E-state index is 0.0952. The monoisotopic (exact) mass is 365 g/mol. The van der Waals surface area contributed by atoms with Gasteiger partial charge in [-0.05, 0) is 44.0 Å². The molecule has 1 fully saturated rings. The Bertz CT molecular complexity index is 844. The number of ether oxygens (including phenoxy) is 1. The topological polar surface area (TPSA) is 71.5 Å². The summed E-state index contributed by atoms with van der Waals surface area (Å²) < 4.78 is 5.56. The second-order valence-corrected chi connectivity index (χ2v) is 7.11. The van der Waals surface area contributed by atoms with Gasteiger partial charge in [0.15, 0.2) is 0 Å². The van der Waals surface area contributed by atoms with Crippen LogP contribution in [0.3, 0.4) is 0 Å². The highest BCUT2D eigenvalue weighted by molar-refractivity contribution is 6.11. The third-order valence-corrected chi connectivity index (χ3v) is 5.16. The van der Waals surface area contributed by atoms with Gasteiger partial charge in [-0.25, -0.2) is 0 Å². The van der Waals surface area contributed by atoms with Crippen LogP contribution in [-0.4, -0.2) is 36.1 Å². The van der Waals surface area contributed by atoms with Crippen LogP contribution in [0.1, 0.15) is 46.9 Å². The number of nitrogens with one attached hydrogen (secondary N) is 1. The molecule has 2 aromatic rings. The summed E-state index contributed by atoms with van der Waals surface area (Å²) >= 11 is 0. The third-order valence-electron chi connectivity index (χ3n) is 5.16. The van der Waals surface area contributed by atoms with Crippen molar-refractivity contribution in [2.24, 2.45) is 0 Å². The molecule has 6 heteroatoms. The fraction of sp³-hybridized carbons (Fsp3) is 0.381. The van der Waals surface area contributed by atoms with Crippen molar-refractivity contribution in [3.05, 3.63) is 59.4 Å². The summed E-state index contributed by atoms with van der Waals surface area (Å²) in [4.78, 5) is 31.6. The average molecular weight is 365 g/mol. The van der Waals surface area contributed by atoms with E-state index < -0.39 is 6.04 Å². The second kappa shape index (κ2) is 7.48. The fourth-order valence-corrected chi connectivity index (χ4v) is 3.73. The second-order valence-electron chi connectivity index (χ2n) is 7.11. The Labute approximate surface area is 158 Å². The smallest absolute Gasteiger partial charge is 0.260 e. The number of nitrogens with zero attached hydrogens (tertiary/aromatic N) is 2. The highest BCUT2D eigenvalue weighted by Gasteiger charge is 2.39. The molecule has 27 heavy (non-hydrogen) atoms. The zero-order valence-electron chi connectivity index (χ0n) is 15.4. The lowest BCUT2D eigenvalue weighted by molar-refractivity contribution is -0.121. The number of hydrogen-bond donors (Lipinski definition) is 1. The van der Waals surface area contributed by atoms with Gasteiger partial charge < -0.3 is 10.1 Å². The van der Waals surface area contributed by atoms with Crippen LogP contribution in [0.25, 0.3) is 0 Å². The van der Waals surface area contributed by atoms with Gasteiger partial charge in [0.2, 0.25) is 5.91 Å². The van der Waals surface area contributed by atoms with Crippen LogP contribution < -0.4 is 10.2 Å². The maximum Gasteiger partial charge on any atom is 0.260 e. The number of amides is 2. The predicted octanol–water partition coefficient (Wildman–Crippen LogP) is 2.78. The molecule has 0 bridgehead atoms. The van der Waals surface area contributed by atoms with Crippen molar-refractivity contribution in [2.45, 2.75) is 38.3 Å². The van der Waals surface area contributed by atoms with E-state index in [2.05, 4.69) is 10.3 Å². The third kappa shape index (κ3) is 3.57. The molecule has 1 saturated heterocycles. The highest BCUT2D eigenvalue weighted by Crippen LogP contribution is 2.38. The number of benzene rings is 1. The van der Waals surface area contributed by atoms with Gasteiger partial charge in [0.05, 0.1) is 29.8 Å². The van der Waals surface area contributed by atoms with E-state index in [1.165, 1.54) is 0 Å². The van der Waals surface area contributed by atoms with Crippen LogP contribution in [0.5, 0.6) is 0 Å². The molecule has 0 saturated carbocycles. The van der Waals surface area contributed by atoms with Crippen molar-refractivity contribution < 1.29 is 14.3 Å². The van der Waals surface area contributed by atoms with Gasteiger partial charge in [-0.15, -0.1) is 0 Å². The SMILES string of the molecule is Cc1ccc(N2C(=O)c3cccnc3[C@@H]2CC(=O)NC[C@@H]2CCCO2)cc1. The van der Waals surface area contributed by atoms with Crippen molar-refractivity contribution in [3.63, 3.8) is 0 Å². The van der Waals surface area contributed by atoms with E-state index in [0.717, 1.165) is 30.7 Å². The average Bonchev–Trinajstić information content (AvgIpc) is 3.29. The largest absolute Gasteiger partial charge is 0.376 e. The van der Waals surface area contributed by atoms with E-state index in [4.69, 9.17) is 4.74 Å². The van der Waals surface area contributed by atoms with Crippen LogP contribution >= 0.6 is 0 Å². The standard InChI is InChI=1S/C21H23N3O3/c1-14-6-8-15(9-7-14)24-18(20-17(21(24)26)5-2-10-22-20)12-19(25)23-13-16-4-3-11-27-16/h2,5-10,16,18H,3-4,11-13H2,1H3,(H,23,25)/t16-,18-/m0/s1. The first-order chi connectivity index (χ1) is 13.1. The lowest BCUT2D eigenvalue weighted by Gasteiger charge is -2.25.